The van der Waals surface area contributed by atoms with Crippen LogP contribution in [0.3, 0.4) is 0 Å². The van der Waals surface area contributed by atoms with Crippen LogP contribution in [-0.2, 0) is 6.42 Å². The van der Waals surface area contributed by atoms with Crippen LogP contribution in [0.15, 0.2) is 24.3 Å². The van der Waals surface area contributed by atoms with Gasteiger partial charge < -0.3 is 5.11 Å². The number of phenols is 1. The third-order valence-electron chi connectivity index (χ3n) is 2.29. The summed E-state index contributed by atoms with van der Waals surface area (Å²) in [5, 5.41) is 9.47. The van der Waals surface area contributed by atoms with Crippen LogP contribution in [0.1, 0.15) is 38.2 Å². The number of phenolic OH excluding ortho intramolecular Hbond substituents is 1. The molecule has 0 atom stereocenters. The third kappa shape index (κ3) is 3.49. The van der Waals surface area contributed by atoms with E-state index in [1.807, 2.05) is 18.2 Å². The van der Waals surface area contributed by atoms with E-state index in [0.717, 1.165) is 12.0 Å². The van der Waals surface area contributed by atoms with Gasteiger partial charge in [0.2, 0.25) is 0 Å². The van der Waals surface area contributed by atoms with Gasteiger partial charge in [0.1, 0.15) is 5.75 Å². The molecule has 0 saturated heterocycles. The van der Waals surface area contributed by atoms with Crippen molar-refractivity contribution in [1.82, 2.24) is 0 Å². The van der Waals surface area contributed by atoms with E-state index < -0.39 is 0 Å². The number of unbranched alkanes of at least 4 members (excludes halogenated alkanes) is 3. The van der Waals surface area contributed by atoms with Crippen molar-refractivity contribution in [3.05, 3.63) is 29.8 Å². The van der Waals surface area contributed by atoms with Crippen LogP contribution in [0.5, 0.6) is 5.75 Å². The van der Waals surface area contributed by atoms with Gasteiger partial charge in [-0.3, -0.25) is 0 Å². The zero-order chi connectivity index (χ0) is 9.52. The molecule has 0 amide bonds. The summed E-state index contributed by atoms with van der Waals surface area (Å²) in [4.78, 5) is 0. The van der Waals surface area contributed by atoms with E-state index >= 15 is 0 Å². The first kappa shape index (κ1) is 10.1. The predicted molar refractivity (Wildman–Crippen MR) is 56.0 cm³/mol. The molecule has 0 spiro atoms. The second-order valence-corrected chi connectivity index (χ2v) is 3.44. The standard InChI is InChI=1S/C12H18O/c1-2-3-4-5-8-11-9-6-7-10-12(11)13/h6-7,9-10,13H,2-5,8H2,1H3. The van der Waals surface area contributed by atoms with Crippen LogP contribution >= 0.6 is 0 Å². The molecule has 0 unspecified atom stereocenters. The van der Waals surface area contributed by atoms with Gasteiger partial charge in [-0.2, -0.15) is 0 Å². The first-order valence-electron chi connectivity index (χ1n) is 5.11. The molecule has 0 saturated carbocycles. The molecule has 0 bridgehead atoms. The Labute approximate surface area is 80.4 Å². The van der Waals surface area contributed by atoms with Crippen LogP contribution in [0.25, 0.3) is 0 Å². The fourth-order valence-electron chi connectivity index (χ4n) is 1.46. The molecule has 0 aliphatic rings. The quantitative estimate of drug-likeness (QED) is 0.684. The molecule has 0 fully saturated rings. The number of benzene rings is 1. The van der Waals surface area contributed by atoms with Crippen molar-refractivity contribution >= 4 is 0 Å². The maximum Gasteiger partial charge on any atom is 0.118 e. The molecule has 1 N–H and O–H groups in total. The molecule has 1 nitrogen and oxygen atoms in total. The van der Waals surface area contributed by atoms with E-state index in [1.54, 1.807) is 6.07 Å². The Morgan fingerprint density at radius 1 is 1.08 bits per heavy atom. The van der Waals surface area contributed by atoms with Gasteiger partial charge in [0, 0.05) is 0 Å². The lowest BCUT2D eigenvalue weighted by molar-refractivity contribution is 0.466. The summed E-state index contributed by atoms with van der Waals surface area (Å²) < 4.78 is 0. The average molecular weight is 178 g/mol. The summed E-state index contributed by atoms with van der Waals surface area (Å²) in [7, 11) is 0. The lowest BCUT2D eigenvalue weighted by Crippen LogP contribution is -1.86. The van der Waals surface area contributed by atoms with Crippen molar-refractivity contribution < 1.29 is 5.11 Å². The minimum atomic E-state index is 0.444. The van der Waals surface area contributed by atoms with Crippen molar-refractivity contribution in [2.45, 2.75) is 39.0 Å². The number of para-hydroxylation sites is 1. The van der Waals surface area contributed by atoms with Gasteiger partial charge in [-0.15, -0.1) is 0 Å². The van der Waals surface area contributed by atoms with Crippen molar-refractivity contribution in [2.75, 3.05) is 0 Å². The predicted octanol–water partition coefficient (Wildman–Crippen LogP) is 3.52. The summed E-state index contributed by atoms with van der Waals surface area (Å²) >= 11 is 0. The lowest BCUT2D eigenvalue weighted by atomic mass is 10.1. The number of aryl methyl sites for hydroxylation is 1. The van der Waals surface area contributed by atoms with Crippen LogP contribution in [-0.4, -0.2) is 5.11 Å². The summed E-state index contributed by atoms with van der Waals surface area (Å²) in [6.45, 7) is 2.21. The Kier molecular flexibility index (Phi) is 4.37. The van der Waals surface area contributed by atoms with Crippen LogP contribution in [0.2, 0.25) is 0 Å². The van der Waals surface area contributed by atoms with E-state index in [2.05, 4.69) is 6.92 Å². The Morgan fingerprint density at radius 3 is 2.54 bits per heavy atom. The third-order valence-corrected chi connectivity index (χ3v) is 2.29. The highest BCUT2D eigenvalue weighted by molar-refractivity contribution is 5.31. The summed E-state index contributed by atoms with van der Waals surface area (Å²) in [6, 6.07) is 7.61. The minimum absolute atomic E-state index is 0.444. The summed E-state index contributed by atoms with van der Waals surface area (Å²) in [5.74, 6) is 0.444. The molecular formula is C12H18O. The molecule has 1 rings (SSSR count). The molecule has 72 valence electrons. The zero-order valence-electron chi connectivity index (χ0n) is 8.29. The van der Waals surface area contributed by atoms with Gasteiger partial charge in [0.15, 0.2) is 0 Å². The van der Waals surface area contributed by atoms with Gasteiger partial charge in [-0.1, -0.05) is 44.4 Å². The first-order chi connectivity index (χ1) is 6.34. The van der Waals surface area contributed by atoms with Gasteiger partial charge in [-0.25, -0.2) is 0 Å². The largest absolute Gasteiger partial charge is 0.508 e. The Morgan fingerprint density at radius 2 is 1.85 bits per heavy atom. The van der Waals surface area contributed by atoms with Crippen LogP contribution < -0.4 is 0 Å². The van der Waals surface area contributed by atoms with E-state index in [0.29, 0.717) is 5.75 Å². The van der Waals surface area contributed by atoms with Crippen molar-refractivity contribution in [3.63, 3.8) is 0 Å². The van der Waals surface area contributed by atoms with Gasteiger partial charge in [-0.05, 0) is 24.5 Å². The molecule has 0 aromatic heterocycles. The monoisotopic (exact) mass is 178 g/mol. The second kappa shape index (κ2) is 5.63. The van der Waals surface area contributed by atoms with E-state index in [9.17, 15) is 5.11 Å². The topological polar surface area (TPSA) is 20.2 Å². The van der Waals surface area contributed by atoms with Gasteiger partial charge in [0.25, 0.3) is 0 Å². The number of hydrogen-bond acceptors (Lipinski definition) is 1. The van der Waals surface area contributed by atoms with E-state index in [4.69, 9.17) is 0 Å². The van der Waals surface area contributed by atoms with Crippen LogP contribution in [0.4, 0.5) is 0 Å². The maximum atomic E-state index is 9.47. The molecule has 0 heterocycles. The summed E-state index contributed by atoms with van der Waals surface area (Å²) in [5.41, 5.74) is 1.08. The molecule has 0 radical (unpaired) electrons. The zero-order valence-corrected chi connectivity index (χ0v) is 8.29. The van der Waals surface area contributed by atoms with E-state index in [1.165, 1.54) is 25.7 Å². The molecule has 1 heteroatoms. The number of hydrogen-bond donors (Lipinski definition) is 1. The Hall–Kier alpha value is -0.980. The SMILES string of the molecule is CCCCCCc1ccccc1O. The summed E-state index contributed by atoms with van der Waals surface area (Å²) in [6.07, 6.45) is 6.03. The normalized spacial score (nSPS) is 10.2. The molecular weight excluding hydrogens is 160 g/mol. The maximum absolute atomic E-state index is 9.47. The highest BCUT2D eigenvalue weighted by Crippen LogP contribution is 2.18. The smallest absolute Gasteiger partial charge is 0.118 e. The molecule has 1 aromatic carbocycles. The lowest BCUT2D eigenvalue weighted by Gasteiger charge is -2.03. The fourth-order valence-corrected chi connectivity index (χ4v) is 1.46. The second-order valence-electron chi connectivity index (χ2n) is 3.44. The van der Waals surface area contributed by atoms with Crippen molar-refractivity contribution in [1.29, 1.82) is 0 Å². The van der Waals surface area contributed by atoms with E-state index in [-0.39, 0.29) is 0 Å². The Balaban J connectivity index is 2.32. The van der Waals surface area contributed by atoms with Crippen molar-refractivity contribution in [3.8, 4) is 5.75 Å². The van der Waals surface area contributed by atoms with Crippen LogP contribution in [0, 0.1) is 0 Å². The van der Waals surface area contributed by atoms with Gasteiger partial charge in [0.05, 0.1) is 0 Å². The molecule has 13 heavy (non-hydrogen) atoms. The highest BCUT2D eigenvalue weighted by Gasteiger charge is 1.98. The molecule has 1 aromatic rings. The molecule has 0 aliphatic carbocycles. The molecule has 0 aliphatic heterocycles. The number of aromatic hydroxyl groups is 1. The highest BCUT2D eigenvalue weighted by atomic mass is 16.3. The average Bonchev–Trinajstić information content (AvgIpc) is 2.15. The van der Waals surface area contributed by atoms with Gasteiger partial charge >= 0.3 is 0 Å². The first-order valence-corrected chi connectivity index (χ1v) is 5.11. The number of rotatable bonds is 5. The minimum Gasteiger partial charge on any atom is -0.508 e. The van der Waals surface area contributed by atoms with Crippen molar-refractivity contribution in [2.24, 2.45) is 0 Å². The fraction of sp³-hybridized carbons (Fsp3) is 0.500. The Bertz CT molecular complexity index is 243.